The van der Waals surface area contributed by atoms with Crippen LogP contribution < -0.4 is 11.1 Å². The molecule has 128 valence electrons. The molecule has 0 aliphatic heterocycles. The average molecular weight is 318 g/mol. The smallest absolute Gasteiger partial charge is 0.408 e. The van der Waals surface area contributed by atoms with E-state index in [0.29, 0.717) is 6.42 Å². The average Bonchev–Trinajstić information content (AvgIpc) is 2.42. The summed E-state index contributed by atoms with van der Waals surface area (Å²) in [6.45, 7) is 5.35. The first-order chi connectivity index (χ1) is 10.1. The molecule has 22 heavy (non-hydrogen) atoms. The number of esters is 2. The molecule has 2 atom stereocenters. The molecule has 0 aromatic carbocycles. The molecule has 0 saturated heterocycles. The maximum atomic E-state index is 11.8. The zero-order chi connectivity index (χ0) is 17.3. The Balaban J connectivity index is 4.93. The minimum atomic E-state index is -1.02. The van der Waals surface area contributed by atoms with Crippen LogP contribution in [0.2, 0.25) is 0 Å². The van der Waals surface area contributed by atoms with Gasteiger partial charge in [0.2, 0.25) is 0 Å². The summed E-state index contributed by atoms with van der Waals surface area (Å²) in [5.41, 5.74) is 4.75. The number of alkyl carbamates (subject to hydrolysis) is 1. The third-order valence-corrected chi connectivity index (χ3v) is 2.75. The Kier molecular flexibility index (Phi) is 8.47. The van der Waals surface area contributed by atoms with E-state index in [1.165, 1.54) is 14.2 Å². The SMILES string of the molecule is COC(=O)C(CCN)C[C@H](NC(=O)OC(C)(C)C)C(=O)OC. The minimum absolute atomic E-state index is 0.0236. The van der Waals surface area contributed by atoms with Gasteiger partial charge in [0.25, 0.3) is 0 Å². The van der Waals surface area contributed by atoms with E-state index in [1.807, 2.05) is 0 Å². The summed E-state index contributed by atoms with van der Waals surface area (Å²) in [6.07, 6.45) is -0.411. The van der Waals surface area contributed by atoms with E-state index in [1.54, 1.807) is 20.8 Å². The zero-order valence-electron chi connectivity index (χ0n) is 13.8. The highest BCUT2D eigenvalue weighted by molar-refractivity contribution is 5.82. The number of nitrogens with two attached hydrogens (primary N) is 1. The van der Waals surface area contributed by atoms with E-state index in [-0.39, 0.29) is 13.0 Å². The molecule has 0 fully saturated rings. The lowest BCUT2D eigenvalue weighted by Crippen LogP contribution is -2.45. The fraction of sp³-hybridized carbons (Fsp3) is 0.786. The van der Waals surface area contributed by atoms with Crippen molar-refractivity contribution in [3.05, 3.63) is 0 Å². The standard InChI is InChI=1S/C14H26N2O6/c1-14(2,3)22-13(19)16-10(12(18)21-5)8-9(6-7-15)11(17)20-4/h9-10H,6-8,15H2,1-5H3,(H,16,19)/t9?,10-/m0/s1. The molecule has 0 aliphatic carbocycles. The van der Waals surface area contributed by atoms with Gasteiger partial charge in [-0.2, -0.15) is 0 Å². The Morgan fingerprint density at radius 2 is 1.64 bits per heavy atom. The van der Waals surface area contributed by atoms with Gasteiger partial charge in [-0.1, -0.05) is 0 Å². The Morgan fingerprint density at radius 1 is 1.09 bits per heavy atom. The summed E-state index contributed by atoms with van der Waals surface area (Å²) in [5, 5.41) is 2.41. The molecule has 0 radical (unpaired) electrons. The molecule has 0 aromatic heterocycles. The van der Waals surface area contributed by atoms with Gasteiger partial charge in [0.05, 0.1) is 20.1 Å². The number of ether oxygens (including phenoxy) is 3. The lowest BCUT2D eigenvalue weighted by atomic mass is 9.96. The molecule has 0 aromatic rings. The van der Waals surface area contributed by atoms with Gasteiger partial charge in [0.1, 0.15) is 11.6 Å². The second-order valence-electron chi connectivity index (χ2n) is 5.76. The van der Waals surface area contributed by atoms with E-state index >= 15 is 0 Å². The third-order valence-electron chi connectivity index (χ3n) is 2.75. The van der Waals surface area contributed by atoms with Crippen molar-refractivity contribution in [2.24, 2.45) is 11.7 Å². The molecule has 8 nitrogen and oxygen atoms in total. The topological polar surface area (TPSA) is 117 Å². The van der Waals surface area contributed by atoms with Crippen LogP contribution in [0.25, 0.3) is 0 Å². The van der Waals surface area contributed by atoms with Crippen molar-refractivity contribution in [2.75, 3.05) is 20.8 Å². The Bertz CT molecular complexity index is 391. The fourth-order valence-corrected chi connectivity index (χ4v) is 1.79. The lowest BCUT2D eigenvalue weighted by Gasteiger charge is -2.24. The van der Waals surface area contributed by atoms with Gasteiger partial charge >= 0.3 is 18.0 Å². The van der Waals surface area contributed by atoms with E-state index in [9.17, 15) is 14.4 Å². The largest absolute Gasteiger partial charge is 0.469 e. The van der Waals surface area contributed by atoms with Crippen molar-refractivity contribution in [3.63, 3.8) is 0 Å². The van der Waals surface area contributed by atoms with Crippen LogP contribution in [0.1, 0.15) is 33.6 Å². The Labute approximate surface area is 130 Å². The van der Waals surface area contributed by atoms with Crippen molar-refractivity contribution in [1.29, 1.82) is 0 Å². The molecular formula is C14H26N2O6. The first-order valence-corrected chi connectivity index (χ1v) is 6.99. The monoisotopic (exact) mass is 318 g/mol. The molecule has 3 N–H and O–H groups in total. The lowest BCUT2D eigenvalue weighted by molar-refractivity contribution is -0.148. The molecule has 0 bridgehead atoms. The van der Waals surface area contributed by atoms with Crippen LogP contribution in [-0.2, 0) is 23.8 Å². The third kappa shape index (κ3) is 7.82. The van der Waals surface area contributed by atoms with Gasteiger partial charge in [-0.3, -0.25) is 4.79 Å². The highest BCUT2D eigenvalue weighted by Crippen LogP contribution is 2.15. The first kappa shape index (κ1) is 20.2. The van der Waals surface area contributed by atoms with Crippen molar-refractivity contribution < 1.29 is 28.6 Å². The fourth-order valence-electron chi connectivity index (χ4n) is 1.79. The predicted molar refractivity (Wildman–Crippen MR) is 79.0 cm³/mol. The van der Waals surface area contributed by atoms with E-state index in [0.717, 1.165) is 0 Å². The summed E-state index contributed by atoms with van der Waals surface area (Å²) in [4.78, 5) is 35.3. The number of hydrogen-bond acceptors (Lipinski definition) is 7. The highest BCUT2D eigenvalue weighted by Gasteiger charge is 2.30. The molecule has 0 heterocycles. The van der Waals surface area contributed by atoms with Crippen LogP contribution in [0.4, 0.5) is 4.79 Å². The number of amides is 1. The van der Waals surface area contributed by atoms with Gasteiger partial charge in [-0.15, -0.1) is 0 Å². The minimum Gasteiger partial charge on any atom is -0.469 e. The zero-order valence-corrected chi connectivity index (χ0v) is 13.8. The molecule has 0 spiro atoms. The van der Waals surface area contributed by atoms with E-state index in [4.69, 9.17) is 10.5 Å². The van der Waals surface area contributed by atoms with Crippen LogP contribution in [0.3, 0.4) is 0 Å². The van der Waals surface area contributed by atoms with Crippen molar-refractivity contribution in [1.82, 2.24) is 5.32 Å². The van der Waals surface area contributed by atoms with Crippen LogP contribution in [0.15, 0.2) is 0 Å². The molecule has 0 saturated carbocycles. The van der Waals surface area contributed by atoms with Gasteiger partial charge in [-0.05, 0) is 40.2 Å². The summed E-state index contributed by atoms with van der Waals surface area (Å²) in [6, 6.07) is -1.02. The molecular weight excluding hydrogens is 292 g/mol. The van der Waals surface area contributed by atoms with E-state index in [2.05, 4.69) is 14.8 Å². The van der Waals surface area contributed by atoms with Crippen LogP contribution >= 0.6 is 0 Å². The Morgan fingerprint density at radius 3 is 2.05 bits per heavy atom. The number of methoxy groups -OCH3 is 2. The number of carbonyl (C=O) groups is 3. The van der Waals surface area contributed by atoms with Crippen LogP contribution in [0, 0.1) is 5.92 Å². The number of nitrogens with one attached hydrogen (secondary N) is 1. The molecule has 1 unspecified atom stereocenters. The van der Waals surface area contributed by atoms with Gasteiger partial charge in [0.15, 0.2) is 0 Å². The quantitative estimate of drug-likeness (QED) is 0.521. The second-order valence-corrected chi connectivity index (χ2v) is 5.76. The first-order valence-electron chi connectivity index (χ1n) is 6.99. The molecule has 0 rings (SSSR count). The highest BCUT2D eigenvalue weighted by atomic mass is 16.6. The van der Waals surface area contributed by atoms with Crippen molar-refractivity contribution in [2.45, 2.75) is 45.3 Å². The van der Waals surface area contributed by atoms with Crippen LogP contribution in [-0.4, -0.2) is 50.4 Å². The van der Waals surface area contributed by atoms with E-state index < -0.39 is 35.6 Å². The Hall–Kier alpha value is -1.83. The van der Waals surface area contributed by atoms with Crippen LogP contribution in [0.5, 0.6) is 0 Å². The van der Waals surface area contributed by atoms with Gasteiger partial charge in [-0.25, -0.2) is 9.59 Å². The normalized spacial score (nSPS) is 13.7. The summed E-state index contributed by atoms with van der Waals surface area (Å²) >= 11 is 0. The summed E-state index contributed by atoms with van der Waals surface area (Å²) in [7, 11) is 2.45. The van der Waals surface area contributed by atoms with Gasteiger partial charge < -0.3 is 25.3 Å². The number of rotatable bonds is 7. The van der Waals surface area contributed by atoms with Crippen molar-refractivity contribution in [3.8, 4) is 0 Å². The molecule has 1 amide bonds. The maximum Gasteiger partial charge on any atom is 0.408 e. The summed E-state index contributed by atoms with van der Waals surface area (Å²) in [5.74, 6) is -1.78. The number of hydrogen-bond donors (Lipinski definition) is 2. The predicted octanol–water partition coefficient (Wildman–Crippen LogP) is 0.581. The number of carbonyl (C=O) groups excluding carboxylic acids is 3. The van der Waals surface area contributed by atoms with Gasteiger partial charge in [0, 0.05) is 0 Å². The molecule has 8 heteroatoms. The summed E-state index contributed by atoms with van der Waals surface area (Å²) < 4.78 is 14.4. The second kappa shape index (κ2) is 9.24. The van der Waals surface area contributed by atoms with Crippen molar-refractivity contribution >= 4 is 18.0 Å². The molecule has 0 aliphatic rings. The maximum absolute atomic E-state index is 11.8.